The van der Waals surface area contributed by atoms with E-state index in [1.807, 2.05) is 12.1 Å². The van der Waals surface area contributed by atoms with Gasteiger partial charge in [-0.2, -0.15) is 5.10 Å². The second-order valence-electron chi connectivity index (χ2n) is 8.51. The number of carbonyl (C=O) groups excluding carboxylic acids is 1. The van der Waals surface area contributed by atoms with Gasteiger partial charge in [0.2, 0.25) is 0 Å². The number of hydrogen-bond acceptors (Lipinski definition) is 5. The average Bonchev–Trinajstić information content (AvgIpc) is 3.28. The molecule has 1 aliphatic rings. The predicted molar refractivity (Wildman–Crippen MR) is 135 cm³/mol. The van der Waals surface area contributed by atoms with E-state index in [1.54, 1.807) is 6.21 Å². The second-order valence-corrected chi connectivity index (χ2v) is 9.45. The molecule has 1 aliphatic carbocycles. The minimum atomic E-state index is -0.156. The van der Waals surface area contributed by atoms with Crippen LogP contribution in [0.1, 0.15) is 61.8 Å². The van der Waals surface area contributed by atoms with Crippen molar-refractivity contribution in [3.05, 3.63) is 65.2 Å². The highest BCUT2D eigenvalue weighted by Gasteiger charge is 2.24. The fourth-order valence-corrected chi connectivity index (χ4v) is 4.92. The monoisotopic (exact) mass is 461 g/mol. The molecule has 1 fully saturated rings. The summed E-state index contributed by atoms with van der Waals surface area (Å²) in [6, 6.07) is 16.9. The van der Waals surface area contributed by atoms with Gasteiger partial charge < -0.3 is 0 Å². The lowest BCUT2D eigenvalue weighted by molar-refractivity contribution is -0.118. The molecule has 1 heterocycles. The Morgan fingerprint density at radius 2 is 1.82 bits per heavy atom. The van der Waals surface area contributed by atoms with Gasteiger partial charge in [0.25, 0.3) is 5.91 Å². The van der Waals surface area contributed by atoms with Crippen LogP contribution in [0.15, 0.2) is 58.8 Å². The Bertz CT molecular complexity index is 1080. The lowest BCUT2D eigenvalue weighted by Gasteiger charge is -2.25. The summed E-state index contributed by atoms with van der Waals surface area (Å²) in [5, 5.41) is 13.9. The Morgan fingerprint density at radius 3 is 2.52 bits per heavy atom. The van der Waals surface area contributed by atoms with Gasteiger partial charge in [-0.15, -0.1) is 10.2 Å². The number of nitrogens with one attached hydrogen (secondary N) is 1. The maximum Gasteiger partial charge on any atom is 0.250 e. The first-order chi connectivity index (χ1) is 16.1. The molecule has 0 unspecified atom stereocenters. The Kier molecular flexibility index (Phi) is 7.94. The van der Waals surface area contributed by atoms with Crippen LogP contribution in [0, 0.1) is 6.92 Å². The summed E-state index contributed by atoms with van der Waals surface area (Å²) in [5.41, 5.74) is 7.14. The molecule has 0 spiro atoms. The number of rotatable bonds is 8. The van der Waals surface area contributed by atoms with E-state index >= 15 is 0 Å². The summed E-state index contributed by atoms with van der Waals surface area (Å²) in [6.45, 7) is 4.21. The minimum Gasteiger partial charge on any atom is -0.299 e. The van der Waals surface area contributed by atoms with Crippen molar-refractivity contribution < 1.29 is 4.79 Å². The molecule has 0 aliphatic heterocycles. The SMILES string of the molecule is CCc1ccc(C=NNC(=O)CSc2nnc(-c3ccc(C)cc3)n2C2CCCCC2)cc1. The van der Waals surface area contributed by atoms with E-state index < -0.39 is 0 Å². The summed E-state index contributed by atoms with van der Waals surface area (Å²) in [4.78, 5) is 12.4. The van der Waals surface area contributed by atoms with Crippen LogP contribution < -0.4 is 5.43 Å². The molecule has 33 heavy (non-hydrogen) atoms. The number of hydrogen-bond donors (Lipinski definition) is 1. The van der Waals surface area contributed by atoms with Gasteiger partial charge in [-0.25, -0.2) is 5.43 Å². The van der Waals surface area contributed by atoms with Crippen LogP contribution in [0.25, 0.3) is 11.4 Å². The van der Waals surface area contributed by atoms with E-state index in [2.05, 4.69) is 75.5 Å². The number of aromatic nitrogens is 3. The maximum atomic E-state index is 12.4. The van der Waals surface area contributed by atoms with Crippen LogP contribution in [0.3, 0.4) is 0 Å². The number of carbonyl (C=O) groups is 1. The summed E-state index contributed by atoms with van der Waals surface area (Å²) in [5.74, 6) is 0.972. The molecule has 1 N–H and O–H groups in total. The number of benzene rings is 2. The maximum absolute atomic E-state index is 12.4. The number of thioether (sulfide) groups is 1. The number of nitrogens with zero attached hydrogens (tertiary/aromatic N) is 4. The molecule has 172 valence electrons. The zero-order chi connectivity index (χ0) is 23.0. The van der Waals surface area contributed by atoms with Gasteiger partial charge >= 0.3 is 0 Å². The summed E-state index contributed by atoms with van der Waals surface area (Å²) in [6.07, 6.45) is 8.63. The molecule has 0 bridgehead atoms. The molecular weight excluding hydrogens is 430 g/mol. The quantitative estimate of drug-likeness (QED) is 0.271. The molecule has 3 aromatic rings. The van der Waals surface area contributed by atoms with Crippen molar-refractivity contribution in [1.29, 1.82) is 0 Å². The number of aryl methyl sites for hydroxylation is 2. The molecule has 4 rings (SSSR count). The van der Waals surface area contributed by atoms with Crippen LogP contribution in [0.5, 0.6) is 0 Å². The first kappa shape index (κ1) is 23.2. The molecule has 6 nitrogen and oxygen atoms in total. The van der Waals surface area contributed by atoms with Gasteiger partial charge in [-0.05, 0) is 37.3 Å². The average molecular weight is 462 g/mol. The largest absolute Gasteiger partial charge is 0.299 e. The van der Waals surface area contributed by atoms with Crippen molar-refractivity contribution in [1.82, 2.24) is 20.2 Å². The van der Waals surface area contributed by atoms with E-state index in [4.69, 9.17) is 0 Å². The fourth-order valence-electron chi connectivity index (χ4n) is 4.12. The van der Waals surface area contributed by atoms with E-state index in [0.717, 1.165) is 41.4 Å². The zero-order valence-corrected chi connectivity index (χ0v) is 20.1. The van der Waals surface area contributed by atoms with Crippen molar-refractivity contribution in [2.45, 2.75) is 63.6 Å². The van der Waals surface area contributed by atoms with Crippen LogP contribution >= 0.6 is 11.8 Å². The Morgan fingerprint density at radius 1 is 1.09 bits per heavy atom. The third-order valence-electron chi connectivity index (χ3n) is 6.04. The normalized spacial score (nSPS) is 14.6. The molecule has 0 saturated heterocycles. The van der Waals surface area contributed by atoms with Gasteiger partial charge in [0.15, 0.2) is 11.0 Å². The number of amides is 1. The van der Waals surface area contributed by atoms with E-state index in [0.29, 0.717) is 6.04 Å². The molecule has 1 amide bonds. The Labute approximate surface area is 199 Å². The Balaban J connectivity index is 1.42. The molecule has 2 aromatic carbocycles. The molecule has 0 atom stereocenters. The Hall–Kier alpha value is -2.93. The van der Waals surface area contributed by atoms with Gasteiger partial charge in [0, 0.05) is 11.6 Å². The minimum absolute atomic E-state index is 0.156. The molecule has 1 saturated carbocycles. The topological polar surface area (TPSA) is 72.2 Å². The van der Waals surface area contributed by atoms with E-state index in [1.165, 1.54) is 42.2 Å². The van der Waals surface area contributed by atoms with Crippen molar-refractivity contribution >= 4 is 23.9 Å². The summed E-state index contributed by atoms with van der Waals surface area (Å²) in [7, 11) is 0. The highest BCUT2D eigenvalue weighted by atomic mass is 32.2. The molecule has 7 heteroatoms. The van der Waals surface area contributed by atoms with Crippen molar-refractivity contribution in [2.24, 2.45) is 5.10 Å². The fraction of sp³-hybridized carbons (Fsp3) is 0.385. The highest BCUT2D eigenvalue weighted by Crippen LogP contribution is 2.35. The van der Waals surface area contributed by atoms with Gasteiger partial charge in [0.1, 0.15) is 0 Å². The first-order valence-electron chi connectivity index (χ1n) is 11.7. The van der Waals surface area contributed by atoms with Crippen LogP contribution in [0.4, 0.5) is 0 Å². The summed E-state index contributed by atoms with van der Waals surface area (Å²) >= 11 is 1.42. The third kappa shape index (κ3) is 6.11. The van der Waals surface area contributed by atoms with Crippen LogP contribution in [-0.2, 0) is 11.2 Å². The van der Waals surface area contributed by atoms with Crippen molar-refractivity contribution in [3.63, 3.8) is 0 Å². The predicted octanol–water partition coefficient (Wildman–Crippen LogP) is 5.56. The number of hydrazone groups is 1. The first-order valence-corrected chi connectivity index (χ1v) is 12.7. The van der Waals surface area contributed by atoms with E-state index in [9.17, 15) is 4.79 Å². The van der Waals surface area contributed by atoms with Crippen LogP contribution in [0.2, 0.25) is 0 Å². The third-order valence-corrected chi connectivity index (χ3v) is 6.98. The molecule has 0 radical (unpaired) electrons. The second kappa shape index (κ2) is 11.3. The van der Waals surface area contributed by atoms with Crippen molar-refractivity contribution in [3.8, 4) is 11.4 Å². The zero-order valence-electron chi connectivity index (χ0n) is 19.3. The smallest absolute Gasteiger partial charge is 0.250 e. The molecular formula is C26H31N5OS. The van der Waals surface area contributed by atoms with E-state index in [-0.39, 0.29) is 11.7 Å². The van der Waals surface area contributed by atoms with Crippen LogP contribution in [-0.4, -0.2) is 32.6 Å². The van der Waals surface area contributed by atoms with Gasteiger partial charge in [-0.3, -0.25) is 9.36 Å². The lowest BCUT2D eigenvalue weighted by atomic mass is 9.95. The standard InChI is InChI=1S/C26H31N5OS/c1-3-20-11-13-21(14-12-20)17-27-28-24(32)18-33-26-30-29-25(22-15-9-19(2)10-16-22)31(26)23-7-5-4-6-8-23/h9-17,23H,3-8,18H2,1-2H3,(H,28,32). The van der Waals surface area contributed by atoms with Gasteiger partial charge in [-0.1, -0.05) is 92.0 Å². The van der Waals surface area contributed by atoms with Crippen molar-refractivity contribution in [2.75, 3.05) is 5.75 Å². The highest BCUT2D eigenvalue weighted by molar-refractivity contribution is 7.99. The lowest BCUT2D eigenvalue weighted by Crippen LogP contribution is -2.20. The molecule has 1 aromatic heterocycles. The summed E-state index contributed by atoms with van der Waals surface area (Å²) < 4.78 is 2.25. The van der Waals surface area contributed by atoms with Gasteiger partial charge in [0.05, 0.1) is 12.0 Å².